The molecule has 0 bridgehead atoms. The molecule has 2 amide bonds. The average molecular weight is 461 g/mol. The molecule has 0 saturated carbocycles. The van der Waals surface area contributed by atoms with E-state index in [1.165, 1.54) is 6.92 Å². The van der Waals surface area contributed by atoms with Crippen molar-refractivity contribution in [3.8, 4) is 12.1 Å². The van der Waals surface area contributed by atoms with E-state index in [1.54, 1.807) is 0 Å². The molecule has 2 N–H and O–H groups in total. The van der Waals surface area contributed by atoms with E-state index in [0.717, 1.165) is 0 Å². The number of nitrogens with zero attached hydrogens (tertiary/aromatic N) is 4. The second-order valence-corrected chi connectivity index (χ2v) is 9.08. The molecule has 10 heteroatoms. The number of ether oxygens (including phenoxy) is 1. The van der Waals surface area contributed by atoms with Crippen LogP contribution in [0.1, 0.15) is 64.2 Å². The third kappa shape index (κ3) is 6.24. The predicted molar refractivity (Wildman–Crippen MR) is 120 cm³/mol. The van der Waals surface area contributed by atoms with E-state index in [-0.39, 0.29) is 22.7 Å². The van der Waals surface area contributed by atoms with E-state index in [2.05, 4.69) is 21.7 Å². The number of aromatic nitrogens is 1. The zero-order valence-corrected chi connectivity index (χ0v) is 19.8. The Labute approximate surface area is 193 Å². The third-order valence-corrected chi connectivity index (χ3v) is 5.36. The molecule has 172 valence electrons. The van der Waals surface area contributed by atoms with E-state index in [4.69, 9.17) is 16.3 Å². The second kappa shape index (κ2) is 10.5. The van der Waals surface area contributed by atoms with Gasteiger partial charge in [0.25, 0.3) is 5.91 Å². The maximum absolute atomic E-state index is 12.4. The first-order valence-corrected chi connectivity index (χ1v) is 10.9. The Morgan fingerprint density at radius 3 is 2.34 bits per heavy atom. The lowest BCUT2D eigenvalue weighted by atomic mass is 10.00. The Hall–Kier alpha value is -3.04. The summed E-state index contributed by atoms with van der Waals surface area (Å²) in [6.07, 6.45) is 0.173. The molecule has 1 fully saturated rings. The Morgan fingerprint density at radius 1 is 1.25 bits per heavy atom. The molecule has 0 aliphatic carbocycles. The van der Waals surface area contributed by atoms with Crippen molar-refractivity contribution in [1.29, 1.82) is 10.5 Å². The summed E-state index contributed by atoms with van der Waals surface area (Å²) >= 11 is 6.20. The van der Waals surface area contributed by atoms with Crippen LogP contribution in [0.15, 0.2) is 0 Å². The van der Waals surface area contributed by atoms with Crippen molar-refractivity contribution in [2.75, 3.05) is 18.0 Å². The summed E-state index contributed by atoms with van der Waals surface area (Å²) in [5.74, 6) is 0.103. The van der Waals surface area contributed by atoms with Gasteiger partial charge in [0, 0.05) is 24.7 Å². The standard InChI is InChI=1S/C22H29ClN6O3/c1-6-15-16(11-24)18(23)27-19(17(15)12-25)29-9-7-14(8-10-29)26-20(30)13(2)32-21(31)28-22(3,4)5/h13-14H,6-10H2,1-5H3,(H,26,30)(H,28,31). The first-order valence-electron chi connectivity index (χ1n) is 10.6. The van der Waals surface area contributed by atoms with Crippen molar-refractivity contribution in [2.45, 2.75) is 71.6 Å². The summed E-state index contributed by atoms with van der Waals surface area (Å²) in [5.41, 5.74) is 0.742. The molecule has 1 aromatic rings. The lowest BCUT2D eigenvalue weighted by Gasteiger charge is -2.34. The minimum atomic E-state index is -0.924. The minimum Gasteiger partial charge on any atom is -0.436 e. The first kappa shape index (κ1) is 25.2. The minimum absolute atomic E-state index is 0.0910. The number of rotatable bonds is 5. The van der Waals surface area contributed by atoms with Crippen molar-refractivity contribution in [3.63, 3.8) is 0 Å². The monoisotopic (exact) mass is 460 g/mol. The molecular formula is C22H29ClN6O3. The molecule has 1 atom stereocenters. The van der Waals surface area contributed by atoms with E-state index in [9.17, 15) is 20.1 Å². The molecule has 1 saturated heterocycles. The van der Waals surface area contributed by atoms with Crippen LogP contribution in [0.25, 0.3) is 0 Å². The van der Waals surface area contributed by atoms with Gasteiger partial charge in [-0.2, -0.15) is 10.5 Å². The van der Waals surface area contributed by atoms with Crippen molar-refractivity contribution in [3.05, 3.63) is 21.8 Å². The maximum Gasteiger partial charge on any atom is 0.408 e. The van der Waals surface area contributed by atoms with E-state index in [0.29, 0.717) is 49.3 Å². The highest BCUT2D eigenvalue weighted by Crippen LogP contribution is 2.30. The van der Waals surface area contributed by atoms with Gasteiger partial charge in [0.15, 0.2) is 6.10 Å². The van der Waals surface area contributed by atoms with Crippen LogP contribution >= 0.6 is 11.6 Å². The first-order chi connectivity index (χ1) is 15.0. The van der Waals surface area contributed by atoms with Gasteiger partial charge in [-0.25, -0.2) is 9.78 Å². The number of nitriles is 2. The van der Waals surface area contributed by atoms with Crippen LogP contribution in [-0.2, 0) is 16.0 Å². The summed E-state index contributed by atoms with van der Waals surface area (Å²) in [7, 11) is 0. The largest absolute Gasteiger partial charge is 0.436 e. The Bertz CT molecular complexity index is 952. The number of carbonyl (C=O) groups is 2. The van der Waals surface area contributed by atoms with Gasteiger partial charge in [0.1, 0.15) is 23.1 Å². The number of carbonyl (C=O) groups excluding carboxylic acids is 2. The normalized spacial score (nSPS) is 15.3. The van der Waals surface area contributed by atoms with E-state index in [1.807, 2.05) is 38.7 Å². The zero-order valence-electron chi connectivity index (χ0n) is 19.1. The summed E-state index contributed by atoms with van der Waals surface area (Å²) in [6, 6.07) is 4.10. The number of halogens is 1. The molecule has 0 radical (unpaired) electrons. The number of hydrogen-bond acceptors (Lipinski definition) is 7. The quantitative estimate of drug-likeness (QED) is 0.645. The molecular weight excluding hydrogens is 432 g/mol. The van der Waals surface area contributed by atoms with Crippen LogP contribution in [0.2, 0.25) is 5.15 Å². The highest BCUT2D eigenvalue weighted by atomic mass is 35.5. The van der Waals surface area contributed by atoms with Gasteiger partial charge in [-0.3, -0.25) is 4.79 Å². The van der Waals surface area contributed by atoms with E-state index < -0.39 is 17.7 Å². The summed E-state index contributed by atoms with van der Waals surface area (Å²) < 4.78 is 5.15. The number of pyridine rings is 1. The van der Waals surface area contributed by atoms with Crippen molar-refractivity contribution in [1.82, 2.24) is 15.6 Å². The number of nitrogens with one attached hydrogen (secondary N) is 2. The van der Waals surface area contributed by atoms with Gasteiger partial charge in [-0.15, -0.1) is 0 Å². The molecule has 32 heavy (non-hydrogen) atoms. The molecule has 9 nitrogen and oxygen atoms in total. The van der Waals surface area contributed by atoms with Gasteiger partial charge in [0.2, 0.25) is 0 Å². The Balaban J connectivity index is 2.00. The van der Waals surface area contributed by atoms with Gasteiger partial charge in [-0.05, 0) is 52.5 Å². The number of hydrogen-bond donors (Lipinski definition) is 2. The van der Waals surface area contributed by atoms with E-state index >= 15 is 0 Å². The van der Waals surface area contributed by atoms with Gasteiger partial charge in [0.05, 0.1) is 11.1 Å². The average Bonchev–Trinajstić information content (AvgIpc) is 2.71. The van der Waals surface area contributed by atoms with Crippen LogP contribution < -0.4 is 15.5 Å². The lowest BCUT2D eigenvalue weighted by molar-refractivity contribution is -0.129. The lowest BCUT2D eigenvalue weighted by Crippen LogP contribution is -2.49. The summed E-state index contributed by atoms with van der Waals surface area (Å²) in [6.45, 7) is 9.97. The fraction of sp³-hybridized carbons (Fsp3) is 0.591. The zero-order chi connectivity index (χ0) is 24.1. The smallest absolute Gasteiger partial charge is 0.408 e. The number of amides is 2. The van der Waals surface area contributed by atoms with Crippen molar-refractivity contribution >= 4 is 29.4 Å². The number of anilines is 1. The van der Waals surface area contributed by atoms with Gasteiger partial charge in [-0.1, -0.05) is 18.5 Å². The predicted octanol–water partition coefficient (Wildman–Crippen LogP) is 3.04. The molecule has 2 heterocycles. The fourth-order valence-corrected chi connectivity index (χ4v) is 3.74. The number of piperidine rings is 1. The highest BCUT2D eigenvalue weighted by molar-refractivity contribution is 6.30. The molecule has 1 aliphatic rings. The SMILES string of the molecule is CCc1c(C#N)c(Cl)nc(N2CCC(NC(=O)C(C)OC(=O)NC(C)(C)C)CC2)c1C#N. The third-order valence-electron chi connectivity index (χ3n) is 5.09. The molecule has 1 aliphatic heterocycles. The van der Waals surface area contributed by atoms with Gasteiger partial charge >= 0.3 is 6.09 Å². The van der Waals surface area contributed by atoms with Crippen LogP contribution in [-0.4, -0.2) is 47.8 Å². The fourth-order valence-electron chi connectivity index (χ4n) is 3.51. The topological polar surface area (TPSA) is 131 Å². The second-order valence-electron chi connectivity index (χ2n) is 8.72. The molecule has 0 aromatic carbocycles. The molecule has 2 rings (SSSR count). The van der Waals surface area contributed by atoms with Gasteiger partial charge < -0.3 is 20.3 Å². The summed E-state index contributed by atoms with van der Waals surface area (Å²) in [4.78, 5) is 30.6. The van der Waals surface area contributed by atoms with Crippen molar-refractivity contribution < 1.29 is 14.3 Å². The Kier molecular flexibility index (Phi) is 8.29. The molecule has 1 aromatic heterocycles. The highest BCUT2D eigenvalue weighted by Gasteiger charge is 2.28. The van der Waals surface area contributed by atoms with Crippen LogP contribution in [0.5, 0.6) is 0 Å². The summed E-state index contributed by atoms with van der Waals surface area (Å²) in [5, 5.41) is 24.7. The molecule has 0 spiro atoms. The van der Waals surface area contributed by atoms with Crippen LogP contribution in [0.3, 0.4) is 0 Å². The maximum atomic E-state index is 12.4. The van der Waals surface area contributed by atoms with Crippen LogP contribution in [0.4, 0.5) is 10.6 Å². The van der Waals surface area contributed by atoms with Crippen LogP contribution in [0, 0.1) is 22.7 Å². The Morgan fingerprint density at radius 2 is 1.84 bits per heavy atom. The number of alkyl carbamates (subject to hydrolysis) is 1. The van der Waals surface area contributed by atoms with Crippen molar-refractivity contribution in [2.24, 2.45) is 0 Å². The molecule has 1 unspecified atom stereocenters.